The molecule has 0 amide bonds. The van der Waals surface area contributed by atoms with E-state index in [4.69, 9.17) is 15.7 Å². The van der Waals surface area contributed by atoms with Crippen LogP contribution in [-0.4, -0.2) is 43.0 Å². The van der Waals surface area contributed by atoms with Gasteiger partial charge in [-0.05, 0) is 70.1 Å². The summed E-state index contributed by atoms with van der Waals surface area (Å²) >= 11 is 0. The lowest BCUT2D eigenvalue weighted by molar-refractivity contribution is 0.0225. The third kappa shape index (κ3) is 9.08. The average molecular weight is 524 g/mol. The Kier molecular flexibility index (Phi) is 11.7. The van der Waals surface area contributed by atoms with Gasteiger partial charge in [0.05, 0.1) is 22.7 Å². The number of aryl methyl sites for hydroxylation is 1. The van der Waals surface area contributed by atoms with E-state index in [1.54, 1.807) is 4.52 Å². The second kappa shape index (κ2) is 14.2. The summed E-state index contributed by atoms with van der Waals surface area (Å²) in [6, 6.07) is 5.98. The number of nitrogens with two attached hydrogens (primary N) is 1. The molecule has 38 heavy (non-hydrogen) atoms. The quantitative estimate of drug-likeness (QED) is 0.304. The lowest BCUT2D eigenvalue weighted by Gasteiger charge is -2.27. The molecule has 8 nitrogen and oxygen atoms in total. The molecule has 1 aliphatic carbocycles. The van der Waals surface area contributed by atoms with Crippen molar-refractivity contribution in [1.29, 1.82) is 0 Å². The van der Waals surface area contributed by atoms with Crippen molar-refractivity contribution >= 4 is 28.7 Å². The molecule has 1 aliphatic rings. The van der Waals surface area contributed by atoms with E-state index in [9.17, 15) is 5.11 Å². The number of rotatable bonds is 5. The maximum atomic E-state index is 9.37. The lowest BCUT2D eigenvalue weighted by atomic mass is 9.87. The average Bonchev–Trinajstić information content (AvgIpc) is 3.27. The summed E-state index contributed by atoms with van der Waals surface area (Å²) in [6.07, 6.45) is 8.70. The number of hydrogen-bond donors (Lipinski definition) is 3. The molecule has 0 spiro atoms. The molecular formula is C30H49N7O. The number of anilines is 2. The first kappa shape index (κ1) is 31.2. The van der Waals surface area contributed by atoms with Crippen LogP contribution in [0.15, 0.2) is 29.4 Å². The van der Waals surface area contributed by atoms with Crippen LogP contribution in [0.25, 0.3) is 16.8 Å². The Balaban J connectivity index is 0.000000349. The monoisotopic (exact) mass is 523 g/mol. The zero-order chi connectivity index (χ0) is 28.5. The molecule has 1 atom stereocenters. The lowest BCUT2D eigenvalue weighted by Crippen LogP contribution is -2.26. The fraction of sp³-hybridized carbons (Fsp3) is 0.600. The highest BCUT2D eigenvalue weighted by Crippen LogP contribution is 2.31. The molecule has 0 radical (unpaired) electrons. The highest BCUT2D eigenvalue weighted by Gasteiger charge is 2.22. The second-order valence-electron chi connectivity index (χ2n) is 11.2. The Bertz CT molecular complexity index is 1190. The molecule has 1 unspecified atom stereocenters. The standard InChI is InChI=1S/C19H25N7.C7H14O.C4H10/c1-6-11(2)12(3)22-15-7-8-16(23-13(15)4)14-9-10-26-17(14)18(21-5)24-19(20)25-26;1-7(8)5-3-2-4-6-7;1-4(2)3/h7-11H,6H2,1-5H3,(H3,20,21,24,25);8H,2-6H2,1H3;4H,1-3H3. The summed E-state index contributed by atoms with van der Waals surface area (Å²) in [6.45, 7) is 16.9. The van der Waals surface area contributed by atoms with Crippen molar-refractivity contribution in [2.45, 2.75) is 99.5 Å². The Hall–Kier alpha value is -3.00. The minimum atomic E-state index is -0.321. The van der Waals surface area contributed by atoms with Crippen molar-refractivity contribution in [3.8, 4) is 11.3 Å². The molecule has 210 valence electrons. The van der Waals surface area contributed by atoms with Crippen LogP contribution in [0.2, 0.25) is 0 Å². The van der Waals surface area contributed by atoms with Gasteiger partial charge in [0.2, 0.25) is 5.95 Å². The van der Waals surface area contributed by atoms with E-state index in [0.29, 0.717) is 11.7 Å². The fourth-order valence-corrected chi connectivity index (χ4v) is 4.15. The van der Waals surface area contributed by atoms with Gasteiger partial charge in [-0.2, -0.15) is 4.98 Å². The largest absolute Gasteiger partial charge is 0.390 e. The Morgan fingerprint density at radius 3 is 2.26 bits per heavy atom. The summed E-state index contributed by atoms with van der Waals surface area (Å²) in [5.74, 6) is 2.19. The van der Waals surface area contributed by atoms with E-state index in [0.717, 1.165) is 59.0 Å². The molecule has 1 saturated carbocycles. The zero-order valence-electron chi connectivity index (χ0n) is 25.0. The summed E-state index contributed by atoms with van der Waals surface area (Å²) in [5, 5.41) is 16.7. The number of pyridine rings is 1. The number of aromatic nitrogens is 4. The Labute approximate surface area is 229 Å². The van der Waals surface area contributed by atoms with Crippen molar-refractivity contribution in [2.24, 2.45) is 16.8 Å². The van der Waals surface area contributed by atoms with Gasteiger partial charge in [0, 0.05) is 24.5 Å². The van der Waals surface area contributed by atoms with Gasteiger partial charge in [-0.1, -0.05) is 53.9 Å². The maximum Gasteiger partial charge on any atom is 0.240 e. The minimum absolute atomic E-state index is 0.221. The molecule has 3 aromatic rings. The van der Waals surface area contributed by atoms with Gasteiger partial charge in [-0.15, -0.1) is 5.10 Å². The summed E-state index contributed by atoms with van der Waals surface area (Å²) in [5.41, 5.74) is 11.0. The zero-order valence-corrected chi connectivity index (χ0v) is 25.0. The van der Waals surface area contributed by atoms with Crippen LogP contribution in [0.4, 0.5) is 17.5 Å². The highest BCUT2D eigenvalue weighted by atomic mass is 16.3. The van der Waals surface area contributed by atoms with Crippen LogP contribution in [0.1, 0.15) is 92.7 Å². The SMILES string of the molecule is CC(C)C.CC1(O)CCCCC1.CCC(C)C(C)=Nc1ccc(-c2ccn3nc(N)nc(NC)c23)nc1C. The van der Waals surface area contributed by atoms with Crippen molar-refractivity contribution in [2.75, 3.05) is 18.1 Å². The molecule has 8 heteroatoms. The van der Waals surface area contributed by atoms with E-state index < -0.39 is 0 Å². The number of nitrogen functional groups attached to an aromatic ring is 1. The van der Waals surface area contributed by atoms with Crippen LogP contribution in [0.5, 0.6) is 0 Å². The predicted molar refractivity (Wildman–Crippen MR) is 161 cm³/mol. The number of nitrogens with one attached hydrogen (secondary N) is 1. The molecule has 0 bridgehead atoms. The minimum Gasteiger partial charge on any atom is -0.390 e. The summed E-state index contributed by atoms with van der Waals surface area (Å²) in [4.78, 5) is 13.8. The van der Waals surface area contributed by atoms with Crippen molar-refractivity contribution in [3.05, 3.63) is 30.1 Å². The van der Waals surface area contributed by atoms with Crippen LogP contribution < -0.4 is 11.1 Å². The van der Waals surface area contributed by atoms with Gasteiger partial charge in [0.1, 0.15) is 5.52 Å². The predicted octanol–water partition coefficient (Wildman–Crippen LogP) is 7.23. The fourth-order valence-electron chi connectivity index (χ4n) is 4.15. The van der Waals surface area contributed by atoms with Crippen molar-refractivity contribution < 1.29 is 5.11 Å². The molecule has 3 aromatic heterocycles. The van der Waals surface area contributed by atoms with E-state index in [-0.39, 0.29) is 11.5 Å². The molecule has 0 aromatic carbocycles. The van der Waals surface area contributed by atoms with Crippen molar-refractivity contribution in [3.63, 3.8) is 0 Å². The molecule has 4 rings (SSSR count). The second-order valence-corrected chi connectivity index (χ2v) is 11.2. The van der Waals surface area contributed by atoms with E-state index >= 15 is 0 Å². The number of fused-ring (bicyclic) bond motifs is 1. The first-order valence-corrected chi connectivity index (χ1v) is 14.0. The number of nitrogens with zero attached hydrogens (tertiary/aromatic N) is 5. The molecule has 4 N–H and O–H groups in total. The van der Waals surface area contributed by atoms with Gasteiger partial charge in [-0.3, -0.25) is 9.98 Å². The maximum absolute atomic E-state index is 9.37. The third-order valence-corrected chi connectivity index (χ3v) is 6.65. The van der Waals surface area contributed by atoms with E-state index in [1.165, 1.54) is 19.3 Å². The van der Waals surface area contributed by atoms with Crippen LogP contribution >= 0.6 is 0 Å². The number of hydrogen-bond acceptors (Lipinski definition) is 7. The molecular weight excluding hydrogens is 474 g/mol. The topological polar surface area (TPSA) is 114 Å². The normalized spacial score (nSPS) is 15.8. The Morgan fingerprint density at radius 1 is 1.13 bits per heavy atom. The third-order valence-electron chi connectivity index (χ3n) is 6.65. The highest BCUT2D eigenvalue weighted by molar-refractivity contribution is 5.89. The molecule has 0 aliphatic heterocycles. The van der Waals surface area contributed by atoms with Gasteiger partial charge in [0.25, 0.3) is 0 Å². The van der Waals surface area contributed by atoms with E-state index in [1.807, 2.05) is 45.3 Å². The summed E-state index contributed by atoms with van der Waals surface area (Å²) < 4.78 is 1.72. The number of aliphatic hydroxyl groups is 1. The van der Waals surface area contributed by atoms with Gasteiger partial charge in [0.15, 0.2) is 5.82 Å². The first-order valence-electron chi connectivity index (χ1n) is 14.0. The molecule has 0 saturated heterocycles. The van der Waals surface area contributed by atoms with Crippen LogP contribution in [0, 0.1) is 18.8 Å². The summed E-state index contributed by atoms with van der Waals surface area (Å²) in [7, 11) is 1.81. The molecule has 3 heterocycles. The van der Waals surface area contributed by atoms with Crippen LogP contribution in [0.3, 0.4) is 0 Å². The van der Waals surface area contributed by atoms with Gasteiger partial charge >= 0.3 is 0 Å². The van der Waals surface area contributed by atoms with Crippen LogP contribution in [-0.2, 0) is 0 Å². The molecule has 1 fully saturated rings. The first-order chi connectivity index (χ1) is 17.9. The van der Waals surface area contributed by atoms with Gasteiger partial charge < -0.3 is 16.2 Å². The van der Waals surface area contributed by atoms with Crippen molar-refractivity contribution in [1.82, 2.24) is 19.6 Å². The van der Waals surface area contributed by atoms with E-state index in [2.05, 4.69) is 56.9 Å². The smallest absolute Gasteiger partial charge is 0.240 e. The Morgan fingerprint density at radius 2 is 1.76 bits per heavy atom. The van der Waals surface area contributed by atoms with Gasteiger partial charge in [-0.25, -0.2) is 4.52 Å². The number of aliphatic imine (C=N–C) groups is 1.